The Bertz CT molecular complexity index is 1230. The van der Waals surface area contributed by atoms with Gasteiger partial charge in [-0.1, -0.05) is 19.1 Å². The van der Waals surface area contributed by atoms with Crippen LogP contribution in [-0.2, 0) is 23.1 Å². The van der Waals surface area contributed by atoms with E-state index in [-0.39, 0.29) is 24.0 Å². The number of hydrogen-bond donors (Lipinski definition) is 1. The Balaban J connectivity index is 1.33. The third kappa shape index (κ3) is 5.99. The number of aromatic nitrogens is 4. The minimum absolute atomic E-state index is 0.175. The van der Waals surface area contributed by atoms with Crippen molar-refractivity contribution in [3.05, 3.63) is 54.0 Å². The second kappa shape index (κ2) is 11.0. The minimum atomic E-state index is 0.175. The lowest BCUT2D eigenvalue weighted by Gasteiger charge is -2.40. The maximum Gasteiger partial charge on any atom is 0.227 e. The van der Waals surface area contributed by atoms with Gasteiger partial charge in [-0.15, -0.1) is 0 Å². The number of amides is 1. The fourth-order valence-corrected chi connectivity index (χ4v) is 5.24. The van der Waals surface area contributed by atoms with E-state index < -0.39 is 0 Å². The molecule has 1 N–H and O–H groups in total. The Kier molecular flexibility index (Phi) is 7.53. The topological polar surface area (TPSA) is 88.4 Å². The van der Waals surface area contributed by atoms with Crippen molar-refractivity contribution in [1.82, 2.24) is 29.5 Å². The molecular formula is C28H37N7O2. The third-order valence-electron chi connectivity index (χ3n) is 7.22. The average molecular weight is 504 g/mol. The molecule has 0 saturated carbocycles. The molecule has 1 amide bonds. The van der Waals surface area contributed by atoms with E-state index >= 15 is 0 Å². The molecule has 1 aromatic carbocycles. The number of ether oxygens (including phenoxy) is 1. The molecule has 5 rings (SSSR count). The van der Waals surface area contributed by atoms with Gasteiger partial charge in [0.25, 0.3) is 0 Å². The fourth-order valence-electron chi connectivity index (χ4n) is 5.24. The van der Waals surface area contributed by atoms with Crippen LogP contribution >= 0.6 is 0 Å². The fraction of sp³-hybridized carbons (Fsp3) is 0.500. The average Bonchev–Trinajstić information content (AvgIpc) is 3.18. The molecule has 0 spiro atoms. The number of aryl methyl sites for hydroxylation is 1. The summed E-state index contributed by atoms with van der Waals surface area (Å²) in [6.45, 7) is 10.6. The van der Waals surface area contributed by atoms with Gasteiger partial charge in [-0.2, -0.15) is 5.10 Å². The molecule has 1 unspecified atom stereocenters. The van der Waals surface area contributed by atoms with Crippen LogP contribution in [0.5, 0.6) is 0 Å². The molecule has 2 aliphatic rings. The summed E-state index contributed by atoms with van der Waals surface area (Å²) in [6.07, 6.45) is 7.31. The van der Waals surface area contributed by atoms with Gasteiger partial charge in [0.05, 0.1) is 29.8 Å². The van der Waals surface area contributed by atoms with Crippen molar-refractivity contribution in [2.24, 2.45) is 7.05 Å². The summed E-state index contributed by atoms with van der Waals surface area (Å²) in [5, 5.41) is 7.41. The second-order valence-corrected chi connectivity index (χ2v) is 10.4. The number of anilines is 2. The highest BCUT2D eigenvalue weighted by Crippen LogP contribution is 2.35. The molecular weight excluding hydrogens is 466 g/mol. The van der Waals surface area contributed by atoms with Crippen molar-refractivity contribution >= 4 is 17.5 Å². The zero-order valence-electron chi connectivity index (χ0n) is 22.2. The Morgan fingerprint density at radius 3 is 2.81 bits per heavy atom. The van der Waals surface area contributed by atoms with Crippen molar-refractivity contribution < 1.29 is 9.53 Å². The summed E-state index contributed by atoms with van der Waals surface area (Å²) in [4.78, 5) is 26.6. The lowest BCUT2D eigenvalue weighted by Crippen LogP contribution is -2.55. The molecule has 0 aliphatic carbocycles. The minimum Gasteiger partial charge on any atom is -0.372 e. The lowest BCUT2D eigenvalue weighted by molar-refractivity contribution is -0.148. The van der Waals surface area contributed by atoms with Gasteiger partial charge in [-0.05, 0) is 62.5 Å². The van der Waals surface area contributed by atoms with Gasteiger partial charge >= 0.3 is 0 Å². The highest BCUT2D eigenvalue weighted by atomic mass is 16.5. The zero-order chi connectivity index (χ0) is 25.9. The van der Waals surface area contributed by atoms with Crippen molar-refractivity contribution in [2.75, 3.05) is 31.5 Å². The summed E-state index contributed by atoms with van der Waals surface area (Å²) in [5.74, 6) is 0.982. The van der Waals surface area contributed by atoms with Crippen LogP contribution in [0.1, 0.15) is 50.7 Å². The number of carbonyl (C=O) groups excluding carboxylic acids is 1. The highest BCUT2D eigenvalue weighted by molar-refractivity contribution is 5.78. The number of rotatable bonds is 8. The number of benzene rings is 1. The number of likely N-dealkylation sites (tertiary alicyclic amines) is 1. The van der Waals surface area contributed by atoms with Crippen LogP contribution in [0.25, 0.3) is 11.3 Å². The van der Waals surface area contributed by atoms with Gasteiger partial charge in [0, 0.05) is 51.1 Å². The van der Waals surface area contributed by atoms with E-state index in [1.54, 1.807) is 17.1 Å². The molecule has 9 nitrogen and oxygen atoms in total. The van der Waals surface area contributed by atoms with Crippen molar-refractivity contribution in [2.45, 2.75) is 58.3 Å². The van der Waals surface area contributed by atoms with Gasteiger partial charge in [0.2, 0.25) is 11.9 Å². The maximum absolute atomic E-state index is 13.1. The normalized spacial score (nSPS) is 18.4. The van der Waals surface area contributed by atoms with E-state index in [9.17, 15) is 4.79 Å². The molecule has 196 valence electrons. The summed E-state index contributed by atoms with van der Waals surface area (Å²) >= 11 is 0. The largest absolute Gasteiger partial charge is 0.372 e. The van der Waals surface area contributed by atoms with Crippen LogP contribution in [0.15, 0.2) is 42.9 Å². The first kappa shape index (κ1) is 25.4. The summed E-state index contributed by atoms with van der Waals surface area (Å²) in [6, 6.07) is 8.52. The van der Waals surface area contributed by atoms with Crippen LogP contribution < -0.4 is 5.32 Å². The number of carbonyl (C=O) groups is 1. The molecule has 1 saturated heterocycles. The standard InChI is InChI=1S/C28H37N7O2/c1-5-34-11-9-20(13-27(36)35-17-24(18-35)37-19(2)3)25-7-6-21(12-22(25)15-34)26-8-10-29-28(32-26)31-23-14-30-33(4)16-23/h6-8,10,12,14,16,19-20,24H,5,9,11,13,15,17-18H2,1-4H3,(H,29,31,32). The van der Waals surface area contributed by atoms with Gasteiger partial charge in [-0.3, -0.25) is 14.4 Å². The highest BCUT2D eigenvalue weighted by Gasteiger charge is 2.34. The maximum atomic E-state index is 13.1. The Hall–Kier alpha value is -3.30. The predicted molar refractivity (Wildman–Crippen MR) is 143 cm³/mol. The number of fused-ring (bicyclic) bond motifs is 1. The molecule has 1 atom stereocenters. The van der Waals surface area contributed by atoms with Gasteiger partial charge < -0.3 is 15.0 Å². The van der Waals surface area contributed by atoms with Crippen molar-refractivity contribution in [3.8, 4) is 11.3 Å². The molecule has 3 aromatic rings. The van der Waals surface area contributed by atoms with E-state index in [4.69, 9.17) is 9.72 Å². The summed E-state index contributed by atoms with van der Waals surface area (Å²) in [5.41, 5.74) is 5.32. The molecule has 9 heteroatoms. The zero-order valence-corrected chi connectivity index (χ0v) is 22.2. The monoisotopic (exact) mass is 503 g/mol. The van der Waals surface area contributed by atoms with Crippen molar-refractivity contribution in [3.63, 3.8) is 0 Å². The SMILES string of the molecule is CCN1CCC(CC(=O)N2CC(OC(C)C)C2)c2ccc(-c3ccnc(Nc4cnn(C)c4)n3)cc2C1. The lowest BCUT2D eigenvalue weighted by atomic mass is 9.88. The smallest absolute Gasteiger partial charge is 0.227 e. The van der Waals surface area contributed by atoms with Crippen LogP contribution in [0.2, 0.25) is 0 Å². The van der Waals surface area contributed by atoms with Crippen molar-refractivity contribution in [1.29, 1.82) is 0 Å². The number of nitrogens with one attached hydrogen (secondary N) is 1. The molecule has 2 aromatic heterocycles. The van der Waals surface area contributed by atoms with Gasteiger partial charge in [0.15, 0.2) is 0 Å². The summed E-state index contributed by atoms with van der Waals surface area (Å²) < 4.78 is 7.57. The Morgan fingerprint density at radius 1 is 1.24 bits per heavy atom. The molecule has 1 fully saturated rings. The van der Waals surface area contributed by atoms with E-state index in [1.165, 1.54) is 11.1 Å². The summed E-state index contributed by atoms with van der Waals surface area (Å²) in [7, 11) is 1.88. The first-order valence-corrected chi connectivity index (χ1v) is 13.3. The quantitative estimate of drug-likeness (QED) is 0.498. The van der Waals surface area contributed by atoms with Crippen LogP contribution in [0, 0.1) is 0 Å². The molecule has 0 bridgehead atoms. The first-order chi connectivity index (χ1) is 17.9. The van der Waals surface area contributed by atoms with Crippen LogP contribution in [0.3, 0.4) is 0 Å². The van der Waals surface area contributed by atoms with Crippen LogP contribution in [-0.4, -0.2) is 73.8 Å². The molecule has 0 radical (unpaired) electrons. The van der Waals surface area contributed by atoms with Crippen LogP contribution in [0.4, 0.5) is 11.6 Å². The van der Waals surface area contributed by atoms with E-state index in [0.717, 1.165) is 43.0 Å². The molecule has 4 heterocycles. The van der Waals surface area contributed by atoms with E-state index in [0.29, 0.717) is 25.5 Å². The van der Waals surface area contributed by atoms with E-state index in [1.807, 2.05) is 38.1 Å². The number of nitrogens with zero attached hydrogens (tertiary/aromatic N) is 6. The van der Waals surface area contributed by atoms with E-state index in [2.05, 4.69) is 45.4 Å². The Morgan fingerprint density at radius 2 is 2.08 bits per heavy atom. The predicted octanol–water partition coefficient (Wildman–Crippen LogP) is 3.96. The molecule has 37 heavy (non-hydrogen) atoms. The van der Waals surface area contributed by atoms with Gasteiger partial charge in [-0.25, -0.2) is 9.97 Å². The molecule has 2 aliphatic heterocycles. The van der Waals surface area contributed by atoms with Gasteiger partial charge in [0.1, 0.15) is 0 Å². The second-order valence-electron chi connectivity index (χ2n) is 10.4. The Labute approximate surface area is 218 Å². The first-order valence-electron chi connectivity index (χ1n) is 13.3. The number of hydrogen-bond acceptors (Lipinski definition) is 7. The third-order valence-corrected chi connectivity index (χ3v) is 7.22.